The van der Waals surface area contributed by atoms with Crippen LogP contribution in [0.15, 0.2) is 48.5 Å². The summed E-state index contributed by atoms with van der Waals surface area (Å²) < 4.78 is 2.13. The lowest BCUT2D eigenvalue weighted by molar-refractivity contribution is -0.112. The fourth-order valence-corrected chi connectivity index (χ4v) is 6.55. The topological polar surface area (TPSA) is 70.5 Å². The van der Waals surface area contributed by atoms with Crippen LogP contribution in [0.2, 0.25) is 0 Å². The summed E-state index contributed by atoms with van der Waals surface area (Å²) >= 11 is 0. The number of nitrogens with zero attached hydrogens (tertiary/aromatic N) is 4. The van der Waals surface area contributed by atoms with Crippen LogP contribution in [-0.2, 0) is 24.2 Å². The van der Waals surface area contributed by atoms with E-state index in [1.807, 2.05) is 24.3 Å². The summed E-state index contributed by atoms with van der Waals surface area (Å²) in [5, 5.41) is 2.89. The van der Waals surface area contributed by atoms with Crippen LogP contribution >= 0.6 is 0 Å². The van der Waals surface area contributed by atoms with Crippen LogP contribution in [0.4, 0.5) is 17.2 Å². The summed E-state index contributed by atoms with van der Waals surface area (Å²) in [4.78, 5) is 36.2. The number of fused-ring (bicyclic) bond motifs is 1. The Morgan fingerprint density at radius 1 is 0.897 bits per heavy atom. The minimum atomic E-state index is -0.538. The van der Waals surface area contributed by atoms with E-state index < -0.39 is 11.7 Å². The molecule has 1 saturated carbocycles. The Bertz CT molecular complexity index is 1330. The molecule has 6 rings (SSSR count). The Labute approximate surface area is 231 Å². The van der Waals surface area contributed by atoms with Crippen LogP contribution in [0, 0.1) is 0 Å². The normalized spacial score (nSPS) is 17.8. The first-order valence-corrected chi connectivity index (χ1v) is 14.7. The van der Waals surface area contributed by atoms with Crippen molar-refractivity contribution in [3.8, 4) is 0 Å². The Morgan fingerprint density at radius 3 is 2.38 bits per heavy atom. The number of aromatic nitrogens is 2. The number of amides is 1. The third-order valence-corrected chi connectivity index (χ3v) is 8.74. The molecule has 39 heavy (non-hydrogen) atoms. The zero-order valence-electron chi connectivity index (χ0n) is 23.0. The lowest BCUT2D eigenvalue weighted by Crippen LogP contribution is -2.46. The van der Waals surface area contributed by atoms with Crippen molar-refractivity contribution in [2.75, 3.05) is 41.3 Å². The van der Waals surface area contributed by atoms with E-state index in [1.165, 1.54) is 18.5 Å². The van der Waals surface area contributed by atoms with E-state index in [0.717, 1.165) is 94.0 Å². The standard InChI is InChI=1S/C32H39N5O2/c1-2-24-10-7-12-29(33-24)36-20-18-35(19-21-36)26-15-13-25(14-16-26)34-32(39)31(38)30-28(23-8-3-4-9-23)22-27-11-5-6-17-37(27)30/h7,10,12-16,22-23H,2-6,8-9,11,17-21H2,1H3,(H,34,39). The minimum Gasteiger partial charge on any atom is -0.368 e. The highest BCUT2D eigenvalue weighted by Crippen LogP contribution is 2.38. The maximum absolute atomic E-state index is 13.5. The van der Waals surface area contributed by atoms with Gasteiger partial charge >= 0.3 is 0 Å². The zero-order valence-corrected chi connectivity index (χ0v) is 23.0. The first-order valence-electron chi connectivity index (χ1n) is 14.7. The van der Waals surface area contributed by atoms with Crippen molar-refractivity contribution in [3.63, 3.8) is 0 Å². The van der Waals surface area contributed by atoms with Gasteiger partial charge in [0.1, 0.15) is 5.82 Å². The molecule has 4 heterocycles. The van der Waals surface area contributed by atoms with E-state index in [1.54, 1.807) is 0 Å². The number of aryl methyl sites for hydroxylation is 2. The second-order valence-electron chi connectivity index (χ2n) is 11.2. The van der Waals surface area contributed by atoms with E-state index in [0.29, 0.717) is 17.3 Å². The summed E-state index contributed by atoms with van der Waals surface area (Å²) in [5.74, 6) is 0.521. The van der Waals surface area contributed by atoms with Crippen molar-refractivity contribution >= 4 is 28.9 Å². The van der Waals surface area contributed by atoms with Gasteiger partial charge in [0, 0.05) is 55.5 Å². The number of piperazine rings is 1. The van der Waals surface area contributed by atoms with Gasteiger partial charge in [0.05, 0.1) is 5.69 Å². The fourth-order valence-electron chi connectivity index (χ4n) is 6.55. The number of ketones is 1. The Balaban J connectivity index is 1.10. The average molecular weight is 526 g/mol. The second-order valence-corrected chi connectivity index (χ2v) is 11.2. The molecule has 0 radical (unpaired) electrons. The Kier molecular flexibility index (Phi) is 7.40. The predicted molar refractivity (Wildman–Crippen MR) is 156 cm³/mol. The van der Waals surface area contributed by atoms with Crippen molar-refractivity contribution in [2.45, 2.75) is 70.8 Å². The van der Waals surface area contributed by atoms with Crippen LogP contribution < -0.4 is 15.1 Å². The summed E-state index contributed by atoms with van der Waals surface area (Å²) in [6.45, 7) is 6.61. The number of nitrogens with one attached hydrogen (secondary N) is 1. The summed E-state index contributed by atoms with van der Waals surface area (Å²) in [7, 11) is 0. The lowest BCUT2D eigenvalue weighted by Gasteiger charge is -2.37. The smallest absolute Gasteiger partial charge is 0.298 e. The fraction of sp³-hybridized carbons (Fsp3) is 0.469. The van der Waals surface area contributed by atoms with Crippen LogP contribution in [0.3, 0.4) is 0 Å². The van der Waals surface area contributed by atoms with Crippen molar-refractivity contribution in [1.82, 2.24) is 9.55 Å². The molecule has 2 aliphatic heterocycles. The quantitative estimate of drug-likeness (QED) is 0.322. The van der Waals surface area contributed by atoms with Gasteiger partial charge in [0.15, 0.2) is 0 Å². The van der Waals surface area contributed by atoms with Gasteiger partial charge in [0.25, 0.3) is 11.7 Å². The number of carbonyl (C=O) groups is 2. The molecule has 1 N–H and O–H groups in total. The van der Waals surface area contributed by atoms with E-state index in [4.69, 9.17) is 4.98 Å². The molecule has 1 amide bonds. The predicted octanol–water partition coefficient (Wildman–Crippen LogP) is 5.59. The number of rotatable bonds is 7. The van der Waals surface area contributed by atoms with Gasteiger partial charge in [0.2, 0.25) is 0 Å². The molecule has 3 aromatic rings. The van der Waals surface area contributed by atoms with Crippen LogP contribution in [0.25, 0.3) is 0 Å². The first kappa shape index (κ1) is 25.7. The number of pyridine rings is 1. The first-order chi connectivity index (χ1) is 19.1. The Hall–Kier alpha value is -3.61. The largest absolute Gasteiger partial charge is 0.368 e. The van der Waals surface area contributed by atoms with Crippen molar-refractivity contribution in [2.24, 2.45) is 0 Å². The van der Waals surface area contributed by atoms with Gasteiger partial charge in [-0.1, -0.05) is 25.8 Å². The van der Waals surface area contributed by atoms with Crippen molar-refractivity contribution in [3.05, 3.63) is 71.2 Å². The molecule has 0 spiro atoms. The monoisotopic (exact) mass is 525 g/mol. The van der Waals surface area contributed by atoms with Gasteiger partial charge in [-0.15, -0.1) is 0 Å². The van der Waals surface area contributed by atoms with E-state index >= 15 is 0 Å². The minimum absolute atomic E-state index is 0.397. The number of hydrogen-bond donors (Lipinski definition) is 1. The van der Waals surface area contributed by atoms with E-state index in [-0.39, 0.29) is 0 Å². The maximum Gasteiger partial charge on any atom is 0.298 e. The average Bonchev–Trinajstić information content (AvgIpc) is 3.66. The van der Waals surface area contributed by atoms with Gasteiger partial charge in [-0.2, -0.15) is 0 Å². The van der Waals surface area contributed by atoms with Crippen LogP contribution in [0.5, 0.6) is 0 Å². The van der Waals surface area contributed by atoms with Crippen molar-refractivity contribution < 1.29 is 9.59 Å². The molecule has 3 aliphatic rings. The van der Waals surface area contributed by atoms with Crippen LogP contribution in [-0.4, -0.2) is 47.4 Å². The number of benzene rings is 1. The molecule has 204 valence electrons. The number of Topliss-reactive ketones (excluding diaryl/α,β-unsaturated/α-hetero) is 1. The second kappa shape index (κ2) is 11.2. The molecule has 0 atom stereocenters. The SMILES string of the molecule is CCc1cccc(N2CCN(c3ccc(NC(=O)C(=O)c4c(C5CCCC5)cc5n4CCCC5)cc3)CC2)n1. The molecule has 7 heteroatoms. The molecule has 7 nitrogen and oxygen atoms in total. The molecule has 2 aromatic heterocycles. The molecule has 1 saturated heterocycles. The molecule has 0 unspecified atom stereocenters. The summed E-state index contributed by atoms with van der Waals surface area (Å²) in [6.07, 6.45) is 8.78. The number of hydrogen-bond acceptors (Lipinski definition) is 5. The van der Waals surface area contributed by atoms with E-state index in [2.05, 4.69) is 50.9 Å². The highest BCUT2D eigenvalue weighted by molar-refractivity contribution is 6.46. The highest BCUT2D eigenvalue weighted by atomic mass is 16.2. The molecular formula is C32H39N5O2. The Morgan fingerprint density at radius 2 is 1.64 bits per heavy atom. The van der Waals surface area contributed by atoms with Gasteiger partial charge in [-0.05, 0) is 92.5 Å². The van der Waals surface area contributed by atoms with Gasteiger partial charge < -0.3 is 19.7 Å². The van der Waals surface area contributed by atoms with Crippen molar-refractivity contribution in [1.29, 1.82) is 0 Å². The highest BCUT2D eigenvalue weighted by Gasteiger charge is 2.32. The van der Waals surface area contributed by atoms with Gasteiger partial charge in [-0.25, -0.2) is 4.98 Å². The van der Waals surface area contributed by atoms with E-state index in [9.17, 15) is 9.59 Å². The molecular weight excluding hydrogens is 486 g/mol. The third kappa shape index (κ3) is 5.32. The number of carbonyl (C=O) groups excluding carboxylic acids is 2. The maximum atomic E-state index is 13.5. The molecule has 1 aromatic carbocycles. The van der Waals surface area contributed by atoms with Crippen LogP contribution in [0.1, 0.15) is 78.8 Å². The molecule has 0 bridgehead atoms. The molecule has 2 fully saturated rings. The summed E-state index contributed by atoms with van der Waals surface area (Å²) in [5.41, 5.74) is 5.87. The zero-order chi connectivity index (χ0) is 26.8. The number of anilines is 3. The molecule has 1 aliphatic carbocycles. The van der Waals surface area contributed by atoms with Gasteiger partial charge in [-0.3, -0.25) is 9.59 Å². The third-order valence-electron chi connectivity index (χ3n) is 8.74. The summed E-state index contributed by atoms with van der Waals surface area (Å²) in [6, 6.07) is 16.4. The lowest BCUT2D eigenvalue weighted by atomic mass is 9.95.